The molecule has 9 heteroatoms. The standard InChI is InChI=1S/C29H42N2O7/c1-29(2,3)38-28(34)31-14-13-22(19-9-6-5-7-10-19)25(31)26(32)30-21-11-12-23-20(17-21)18-24(37-23)27(33)36-16-8-15-35-4/h11-12,17,19,22,24-25H,5-10,13-16,18H2,1-4H3,(H,30,32)/t22-,24?,25-/m0/s1. The third-order valence-electron chi connectivity index (χ3n) is 7.60. The van der Waals surface area contributed by atoms with Crippen LogP contribution in [0.25, 0.3) is 0 Å². The van der Waals surface area contributed by atoms with Crippen LogP contribution in [0.15, 0.2) is 18.2 Å². The van der Waals surface area contributed by atoms with Gasteiger partial charge in [0.2, 0.25) is 5.91 Å². The molecule has 2 heterocycles. The summed E-state index contributed by atoms with van der Waals surface area (Å²) < 4.78 is 21.7. The Bertz CT molecular complexity index is 999. The number of nitrogens with zero attached hydrogens (tertiary/aromatic N) is 1. The highest BCUT2D eigenvalue weighted by atomic mass is 16.6. The van der Waals surface area contributed by atoms with E-state index in [1.807, 2.05) is 26.8 Å². The second-order valence-corrected chi connectivity index (χ2v) is 11.6. The molecule has 2 amide bonds. The van der Waals surface area contributed by atoms with E-state index in [0.29, 0.717) is 43.3 Å². The van der Waals surface area contributed by atoms with Crippen LogP contribution < -0.4 is 10.1 Å². The first-order valence-electron chi connectivity index (χ1n) is 13.9. The van der Waals surface area contributed by atoms with E-state index in [1.165, 1.54) is 19.3 Å². The third kappa shape index (κ3) is 6.98. The minimum atomic E-state index is -0.702. The summed E-state index contributed by atoms with van der Waals surface area (Å²) in [5, 5.41) is 3.05. The maximum absolute atomic E-state index is 13.7. The van der Waals surface area contributed by atoms with Gasteiger partial charge in [-0.1, -0.05) is 32.1 Å². The molecule has 210 valence electrons. The molecule has 1 unspecified atom stereocenters. The van der Waals surface area contributed by atoms with E-state index in [1.54, 1.807) is 24.1 Å². The first-order chi connectivity index (χ1) is 18.2. The van der Waals surface area contributed by atoms with Crippen LogP contribution in [0.5, 0.6) is 5.75 Å². The molecule has 38 heavy (non-hydrogen) atoms. The molecule has 4 rings (SSSR count). The Morgan fingerprint density at radius 3 is 2.55 bits per heavy atom. The minimum absolute atomic E-state index is 0.109. The van der Waals surface area contributed by atoms with Crippen molar-refractivity contribution in [2.45, 2.75) is 89.9 Å². The molecule has 2 aliphatic heterocycles. The lowest BCUT2D eigenvalue weighted by molar-refractivity contribution is -0.151. The van der Waals surface area contributed by atoms with Gasteiger partial charge in [0.1, 0.15) is 17.4 Å². The Morgan fingerprint density at radius 2 is 1.84 bits per heavy atom. The number of carbonyl (C=O) groups is 3. The maximum atomic E-state index is 13.7. The van der Waals surface area contributed by atoms with Crippen LogP contribution in [0, 0.1) is 11.8 Å². The number of hydrogen-bond acceptors (Lipinski definition) is 7. The molecule has 1 aromatic rings. The van der Waals surface area contributed by atoms with Crippen molar-refractivity contribution in [2.24, 2.45) is 11.8 Å². The zero-order valence-corrected chi connectivity index (χ0v) is 23.1. The first kappa shape index (κ1) is 28.2. The number of hydrogen-bond donors (Lipinski definition) is 1. The number of nitrogens with one attached hydrogen (secondary N) is 1. The second-order valence-electron chi connectivity index (χ2n) is 11.6. The highest BCUT2D eigenvalue weighted by molar-refractivity contribution is 5.97. The average Bonchev–Trinajstić information content (AvgIpc) is 3.51. The number of ether oxygens (including phenoxy) is 4. The fourth-order valence-electron chi connectivity index (χ4n) is 5.88. The molecule has 3 atom stereocenters. The van der Waals surface area contributed by atoms with Crippen molar-refractivity contribution in [3.05, 3.63) is 23.8 Å². The van der Waals surface area contributed by atoms with Gasteiger partial charge in [-0.3, -0.25) is 9.69 Å². The number of fused-ring (bicyclic) bond motifs is 1. The van der Waals surface area contributed by atoms with E-state index in [2.05, 4.69) is 5.32 Å². The SMILES string of the molecule is COCCCOC(=O)C1Cc2cc(NC(=O)[C@@H]3[C@H](C4CCCCC4)CCN3C(=O)OC(C)(C)C)ccc2O1. The van der Waals surface area contributed by atoms with Gasteiger partial charge in [0.05, 0.1) is 6.61 Å². The molecule has 0 spiro atoms. The van der Waals surface area contributed by atoms with Crippen LogP contribution in [0.3, 0.4) is 0 Å². The summed E-state index contributed by atoms with van der Waals surface area (Å²) in [6.45, 7) is 6.83. The summed E-state index contributed by atoms with van der Waals surface area (Å²) in [7, 11) is 1.60. The zero-order valence-electron chi connectivity index (χ0n) is 23.1. The van der Waals surface area contributed by atoms with E-state index in [0.717, 1.165) is 24.8 Å². The molecule has 1 aliphatic carbocycles. The Morgan fingerprint density at radius 1 is 1.08 bits per heavy atom. The number of likely N-dealkylation sites (tertiary alicyclic amines) is 1. The smallest absolute Gasteiger partial charge is 0.410 e. The predicted molar refractivity (Wildman–Crippen MR) is 142 cm³/mol. The van der Waals surface area contributed by atoms with Gasteiger partial charge in [0.25, 0.3) is 0 Å². The fourth-order valence-corrected chi connectivity index (χ4v) is 5.88. The van der Waals surface area contributed by atoms with Crippen LogP contribution in [-0.2, 0) is 30.2 Å². The molecule has 1 N–H and O–H groups in total. The van der Waals surface area contributed by atoms with Crippen LogP contribution in [0.4, 0.5) is 10.5 Å². The Hall–Kier alpha value is -2.81. The zero-order chi connectivity index (χ0) is 27.3. The number of methoxy groups -OCH3 is 1. The van der Waals surface area contributed by atoms with Gasteiger partial charge in [-0.15, -0.1) is 0 Å². The Balaban J connectivity index is 1.44. The van der Waals surface area contributed by atoms with Gasteiger partial charge in [-0.05, 0) is 57.2 Å². The van der Waals surface area contributed by atoms with E-state index in [4.69, 9.17) is 18.9 Å². The molecule has 0 aromatic heterocycles. The third-order valence-corrected chi connectivity index (χ3v) is 7.60. The lowest BCUT2D eigenvalue weighted by Crippen LogP contribution is -2.49. The van der Waals surface area contributed by atoms with Crippen molar-refractivity contribution >= 4 is 23.7 Å². The second kappa shape index (κ2) is 12.4. The quantitative estimate of drug-likeness (QED) is 0.383. The molecule has 0 bridgehead atoms. The summed E-state index contributed by atoms with van der Waals surface area (Å²) in [6, 6.07) is 4.80. The van der Waals surface area contributed by atoms with Crippen molar-refractivity contribution in [1.82, 2.24) is 4.90 Å². The van der Waals surface area contributed by atoms with E-state index >= 15 is 0 Å². The monoisotopic (exact) mass is 530 g/mol. The van der Waals surface area contributed by atoms with Gasteiger partial charge in [-0.2, -0.15) is 0 Å². The van der Waals surface area contributed by atoms with Gasteiger partial charge in [0, 0.05) is 44.4 Å². The highest BCUT2D eigenvalue weighted by Crippen LogP contribution is 2.40. The molecular formula is C29H42N2O7. The average molecular weight is 531 g/mol. The highest BCUT2D eigenvalue weighted by Gasteiger charge is 2.46. The molecule has 3 aliphatic rings. The maximum Gasteiger partial charge on any atom is 0.410 e. The van der Waals surface area contributed by atoms with Crippen molar-refractivity contribution in [3.8, 4) is 5.75 Å². The van der Waals surface area contributed by atoms with Crippen LogP contribution in [0.2, 0.25) is 0 Å². The summed E-state index contributed by atoms with van der Waals surface area (Å²) in [4.78, 5) is 40.8. The summed E-state index contributed by atoms with van der Waals surface area (Å²) in [5.41, 5.74) is 0.813. The number of esters is 1. The molecule has 0 radical (unpaired) electrons. The number of benzene rings is 1. The van der Waals surface area contributed by atoms with Crippen molar-refractivity contribution in [3.63, 3.8) is 0 Å². The first-order valence-corrected chi connectivity index (χ1v) is 13.9. The normalized spacial score (nSPS) is 23.5. The van der Waals surface area contributed by atoms with Gasteiger partial charge >= 0.3 is 12.1 Å². The van der Waals surface area contributed by atoms with Gasteiger partial charge in [0.15, 0.2) is 6.10 Å². The van der Waals surface area contributed by atoms with E-state index in [9.17, 15) is 14.4 Å². The summed E-state index contributed by atoms with van der Waals surface area (Å²) >= 11 is 0. The van der Waals surface area contributed by atoms with Crippen LogP contribution >= 0.6 is 0 Å². The predicted octanol–water partition coefficient (Wildman–Crippen LogP) is 4.71. The van der Waals surface area contributed by atoms with Crippen molar-refractivity contribution in [1.29, 1.82) is 0 Å². The van der Waals surface area contributed by atoms with Crippen LogP contribution in [-0.4, -0.2) is 67.5 Å². The fraction of sp³-hybridized carbons (Fsp3) is 0.690. The number of anilines is 1. The minimum Gasteiger partial charge on any atom is -0.478 e. The number of carbonyl (C=O) groups excluding carboxylic acids is 3. The largest absolute Gasteiger partial charge is 0.478 e. The molecule has 1 aromatic carbocycles. The van der Waals surface area contributed by atoms with Crippen LogP contribution in [0.1, 0.15) is 71.3 Å². The summed E-state index contributed by atoms with van der Waals surface area (Å²) in [6.07, 6.45) is 6.42. The lowest BCUT2D eigenvalue weighted by atomic mass is 9.76. The van der Waals surface area contributed by atoms with E-state index < -0.39 is 29.8 Å². The van der Waals surface area contributed by atoms with E-state index in [-0.39, 0.29) is 18.4 Å². The van der Waals surface area contributed by atoms with Crippen molar-refractivity contribution < 1.29 is 33.3 Å². The number of rotatable bonds is 8. The number of amides is 2. The molecule has 1 saturated heterocycles. The summed E-state index contributed by atoms with van der Waals surface area (Å²) in [5.74, 6) is 0.543. The van der Waals surface area contributed by atoms with Gasteiger partial charge in [-0.25, -0.2) is 9.59 Å². The molecule has 1 saturated carbocycles. The molecular weight excluding hydrogens is 488 g/mol. The van der Waals surface area contributed by atoms with Crippen molar-refractivity contribution in [2.75, 3.05) is 32.2 Å². The molecule has 9 nitrogen and oxygen atoms in total. The Labute approximate surface area is 225 Å². The lowest BCUT2D eigenvalue weighted by Gasteiger charge is -2.34. The van der Waals surface area contributed by atoms with Gasteiger partial charge < -0.3 is 24.3 Å². The Kier molecular flexibility index (Phi) is 9.18. The topological polar surface area (TPSA) is 103 Å². The molecule has 2 fully saturated rings.